The molecule has 0 N–H and O–H groups in total. The number of fused-ring (bicyclic) bond motifs is 3. The van der Waals surface area contributed by atoms with Crippen LogP contribution in [0, 0.1) is 5.92 Å². The molecule has 17 heavy (non-hydrogen) atoms. The smallest absolute Gasteiger partial charge is 0.312 e. The van der Waals surface area contributed by atoms with Crippen molar-refractivity contribution in [2.45, 2.75) is 32.0 Å². The second kappa shape index (κ2) is 3.57. The van der Waals surface area contributed by atoms with Crippen LogP contribution in [-0.4, -0.2) is 18.7 Å². The minimum absolute atomic E-state index is 0.00329. The number of rotatable bonds is 2. The molecule has 0 radical (unpaired) electrons. The maximum absolute atomic E-state index is 11.9. The highest BCUT2D eigenvalue weighted by Crippen LogP contribution is 2.59. The Morgan fingerprint density at radius 1 is 1.53 bits per heavy atom. The molecule has 3 unspecified atom stereocenters. The summed E-state index contributed by atoms with van der Waals surface area (Å²) < 4.78 is 10.9. The van der Waals surface area contributed by atoms with Crippen molar-refractivity contribution in [3.05, 3.63) is 35.4 Å². The van der Waals surface area contributed by atoms with E-state index in [1.807, 2.05) is 19.1 Å². The van der Waals surface area contributed by atoms with Crippen LogP contribution in [0.15, 0.2) is 24.3 Å². The van der Waals surface area contributed by atoms with Crippen LogP contribution < -0.4 is 0 Å². The molecular weight excluding hydrogens is 216 g/mol. The summed E-state index contributed by atoms with van der Waals surface area (Å²) in [6.07, 6.45) is -0.00329. The van der Waals surface area contributed by atoms with Crippen molar-refractivity contribution >= 4 is 5.97 Å². The quantitative estimate of drug-likeness (QED) is 0.732. The summed E-state index contributed by atoms with van der Waals surface area (Å²) in [5, 5.41) is 0. The number of hydrogen-bond donors (Lipinski definition) is 0. The molecule has 1 aromatic carbocycles. The first-order chi connectivity index (χ1) is 8.19. The van der Waals surface area contributed by atoms with E-state index in [9.17, 15) is 4.79 Å². The lowest BCUT2D eigenvalue weighted by Crippen LogP contribution is -2.19. The van der Waals surface area contributed by atoms with E-state index in [-0.39, 0.29) is 23.4 Å². The molecule has 3 nitrogen and oxygen atoms in total. The average Bonchev–Trinajstić information content (AvgIpc) is 2.96. The zero-order valence-corrected chi connectivity index (χ0v) is 10.1. The van der Waals surface area contributed by atoms with Gasteiger partial charge in [-0.2, -0.15) is 0 Å². The fraction of sp³-hybridized carbons (Fsp3) is 0.500. The van der Waals surface area contributed by atoms with Gasteiger partial charge in [0.2, 0.25) is 0 Å². The van der Waals surface area contributed by atoms with Crippen LogP contribution in [0.4, 0.5) is 0 Å². The number of benzene rings is 1. The maximum Gasteiger partial charge on any atom is 0.312 e. The SMILES string of the molecule is CCOC(=O)C1C2OCc3ccccc3C21C. The van der Waals surface area contributed by atoms with Crippen molar-refractivity contribution in [3.8, 4) is 0 Å². The van der Waals surface area contributed by atoms with Crippen LogP contribution in [0.5, 0.6) is 0 Å². The lowest BCUT2D eigenvalue weighted by atomic mass is 9.90. The third kappa shape index (κ3) is 1.35. The Morgan fingerprint density at radius 3 is 3.06 bits per heavy atom. The van der Waals surface area contributed by atoms with Gasteiger partial charge in [-0.1, -0.05) is 31.2 Å². The lowest BCUT2D eigenvalue weighted by molar-refractivity contribution is -0.146. The number of hydrogen-bond acceptors (Lipinski definition) is 3. The molecule has 3 atom stereocenters. The van der Waals surface area contributed by atoms with Gasteiger partial charge in [-0.15, -0.1) is 0 Å². The first-order valence-corrected chi connectivity index (χ1v) is 6.06. The zero-order valence-electron chi connectivity index (χ0n) is 10.1. The normalized spacial score (nSPS) is 33.5. The molecule has 1 heterocycles. The zero-order chi connectivity index (χ0) is 12.0. The van der Waals surface area contributed by atoms with Gasteiger partial charge in [-0.05, 0) is 18.1 Å². The minimum Gasteiger partial charge on any atom is -0.466 e. The summed E-state index contributed by atoms with van der Waals surface area (Å²) in [4.78, 5) is 11.9. The maximum atomic E-state index is 11.9. The van der Waals surface area contributed by atoms with Gasteiger partial charge in [-0.25, -0.2) is 0 Å². The fourth-order valence-corrected chi connectivity index (χ4v) is 3.02. The molecule has 1 aromatic rings. The molecule has 3 rings (SSSR count). The van der Waals surface area contributed by atoms with E-state index in [2.05, 4.69) is 19.1 Å². The van der Waals surface area contributed by atoms with Crippen molar-refractivity contribution in [1.82, 2.24) is 0 Å². The molecule has 0 saturated heterocycles. The number of carbonyl (C=O) groups excluding carboxylic acids is 1. The molecule has 0 bridgehead atoms. The number of ether oxygens (including phenoxy) is 2. The monoisotopic (exact) mass is 232 g/mol. The molecule has 1 fully saturated rings. The predicted molar refractivity (Wildman–Crippen MR) is 62.5 cm³/mol. The molecule has 3 heteroatoms. The van der Waals surface area contributed by atoms with Gasteiger partial charge in [-0.3, -0.25) is 4.79 Å². The lowest BCUT2D eigenvalue weighted by Gasteiger charge is -2.21. The third-order valence-electron chi connectivity index (χ3n) is 3.99. The van der Waals surface area contributed by atoms with E-state index < -0.39 is 0 Å². The van der Waals surface area contributed by atoms with Crippen molar-refractivity contribution in [2.75, 3.05) is 6.61 Å². The Morgan fingerprint density at radius 2 is 2.29 bits per heavy atom. The van der Waals surface area contributed by atoms with Crippen molar-refractivity contribution in [1.29, 1.82) is 0 Å². The molecule has 0 amide bonds. The summed E-state index contributed by atoms with van der Waals surface area (Å²) in [7, 11) is 0. The second-order valence-electron chi connectivity index (χ2n) is 4.90. The van der Waals surface area contributed by atoms with Gasteiger partial charge < -0.3 is 9.47 Å². The van der Waals surface area contributed by atoms with Gasteiger partial charge >= 0.3 is 5.97 Å². The summed E-state index contributed by atoms with van der Waals surface area (Å²) >= 11 is 0. The van der Waals surface area contributed by atoms with E-state index in [1.165, 1.54) is 11.1 Å². The van der Waals surface area contributed by atoms with Crippen LogP contribution in [-0.2, 0) is 26.3 Å². The van der Waals surface area contributed by atoms with E-state index in [0.29, 0.717) is 13.2 Å². The topological polar surface area (TPSA) is 35.5 Å². The Kier molecular flexibility index (Phi) is 2.26. The molecule has 90 valence electrons. The van der Waals surface area contributed by atoms with E-state index in [4.69, 9.17) is 9.47 Å². The molecule has 1 saturated carbocycles. The fourth-order valence-electron chi connectivity index (χ4n) is 3.02. The molecule has 2 aliphatic rings. The van der Waals surface area contributed by atoms with Gasteiger partial charge in [0.1, 0.15) is 0 Å². The minimum atomic E-state index is -0.179. The molecule has 0 spiro atoms. The van der Waals surface area contributed by atoms with Crippen molar-refractivity contribution < 1.29 is 14.3 Å². The van der Waals surface area contributed by atoms with Crippen LogP contribution in [0.25, 0.3) is 0 Å². The van der Waals surface area contributed by atoms with Crippen LogP contribution in [0.2, 0.25) is 0 Å². The molecule has 0 aromatic heterocycles. The van der Waals surface area contributed by atoms with Gasteiger partial charge in [0.05, 0.1) is 25.2 Å². The molecule has 1 aliphatic heterocycles. The summed E-state index contributed by atoms with van der Waals surface area (Å²) in [5.41, 5.74) is 2.26. The Hall–Kier alpha value is -1.35. The van der Waals surface area contributed by atoms with Crippen molar-refractivity contribution in [2.24, 2.45) is 5.92 Å². The Balaban J connectivity index is 1.95. The number of carbonyl (C=O) groups is 1. The van der Waals surface area contributed by atoms with Gasteiger partial charge in [0, 0.05) is 5.41 Å². The van der Waals surface area contributed by atoms with Crippen LogP contribution >= 0.6 is 0 Å². The Labute approximate surface area is 101 Å². The second-order valence-corrected chi connectivity index (χ2v) is 4.90. The first kappa shape index (κ1) is 10.8. The van der Waals surface area contributed by atoms with Gasteiger partial charge in [0.25, 0.3) is 0 Å². The molecular formula is C14H16O3. The van der Waals surface area contributed by atoms with Crippen molar-refractivity contribution in [3.63, 3.8) is 0 Å². The van der Waals surface area contributed by atoms with E-state index in [0.717, 1.165) is 0 Å². The Bertz CT molecular complexity index is 468. The standard InChI is InChI=1S/C14H16O3/c1-3-16-13(15)11-12-14(11,2)10-7-5-4-6-9(10)8-17-12/h4-7,11-12H,3,8H2,1-2H3. The number of esters is 1. The van der Waals surface area contributed by atoms with E-state index >= 15 is 0 Å². The van der Waals surface area contributed by atoms with Crippen LogP contribution in [0.1, 0.15) is 25.0 Å². The van der Waals surface area contributed by atoms with Crippen LogP contribution in [0.3, 0.4) is 0 Å². The highest BCUT2D eigenvalue weighted by atomic mass is 16.5. The summed E-state index contributed by atoms with van der Waals surface area (Å²) in [6, 6.07) is 8.20. The predicted octanol–water partition coefficient (Wildman–Crippen LogP) is 2.04. The first-order valence-electron chi connectivity index (χ1n) is 6.06. The summed E-state index contributed by atoms with van der Waals surface area (Å²) in [6.45, 7) is 4.96. The average molecular weight is 232 g/mol. The highest BCUT2D eigenvalue weighted by Gasteiger charge is 2.69. The van der Waals surface area contributed by atoms with Gasteiger partial charge in [0.15, 0.2) is 0 Å². The molecule has 1 aliphatic carbocycles. The largest absolute Gasteiger partial charge is 0.466 e. The summed E-state index contributed by atoms with van der Waals surface area (Å²) in [5.74, 6) is -0.261. The van der Waals surface area contributed by atoms with E-state index in [1.54, 1.807) is 0 Å². The third-order valence-corrected chi connectivity index (χ3v) is 3.99. The highest BCUT2D eigenvalue weighted by molar-refractivity contribution is 5.81.